The number of aryl methyl sites for hydroxylation is 1. The summed E-state index contributed by atoms with van der Waals surface area (Å²) < 4.78 is 34.8. The molecule has 84 heavy (non-hydrogen) atoms. The van der Waals surface area contributed by atoms with Crippen molar-refractivity contribution in [1.82, 2.24) is 20.4 Å². The number of benzene rings is 2. The third kappa shape index (κ3) is 15.7. The van der Waals surface area contributed by atoms with Gasteiger partial charge in [0.1, 0.15) is 52.3 Å². The number of methoxy groups -OCH3 is 3. The monoisotopic (exact) mass is 1210 g/mol. The van der Waals surface area contributed by atoms with E-state index < -0.39 is 83.2 Å². The lowest BCUT2D eigenvalue weighted by atomic mass is 9.79. The number of carbonyl (C=O) groups is 9. The first-order valence-electron chi connectivity index (χ1n) is 28.7. The van der Waals surface area contributed by atoms with E-state index in [-0.39, 0.29) is 78.3 Å². The van der Waals surface area contributed by atoms with Crippen molar-refractivity contribution in [3.63, 3.8) is 0 Å². The number of esters is 1. The molecule has 6 amide bonds. The summed E-state index contributed by atoms with van der Waals surface area (Å²) in [5.74, 6) is -1.98. The molecule has 7 unspecified atom stereocenters. The molecular weight excluding hydrogens is 1130 g/mol. The number of carbonyl (C=O) groups excluding carboxylic acids is 9. The SMILES string of the molecule is COc1cc(CCC(=O)NCC2CCC(C(=O)CCCN3C(=O)CC(SCCC(=O)N(C)[C@@H](C)C(=O)O[C@H]4CC(=O)N(C)c5cc(cc(OC)c5Cl)C/C(C)=C/C=C/C(OC)C5(O)CC(OC(=O)N5)C(C)C5OC54C)C3=O)CC2)ccc1C=O. The van der Waals surface area contributed by atoms with E-state index >= 15 is 0 Å². The number of aldehydes is 1. The quantitative estimate of drug-likeness (QED) is 0.0522. The number of allylic oxidation sites excluding steroid dienone is 3. The molecule has 4 fully saturated rings. The van der Waals surface area contributed by atoms with Crippen LogP contribution >= 0.6 is 23.4 Å². The summed E-state index contributed by atoms with van der Waals surface area (Å²) in [6.45, 7) is 7.47. The van der Waals surface area contributed by atoms with Gasteiger partial charge in [0.2, 0.25) is 29.5 Å². The van der Waals surface area contributed by atoms with Crippen molar-refractivity contribution in [3.8, 4) is 11.5 Å². The minimum atomic E-state index is -1.89. The molecule has 0 aromatic heterocycles. The summed E-state index contributed by atoms with van der Waals surface area (Å²) in [7, 11) is 7.35. The van der Waals surface area contributed by atoms with Gasteiger partial charge >= 0.3 is 12.1 Å². The fourth-order valence-corrected chi connectivity index (χ4v) is 13.0. The van der Waals surface area contributed by atoms with Crippen LogP contribution in [0.5, 0.6) is 11.5 Å². The van der Waals surface area contributed by atoms with Crippen LogP contribution in [0.25, 0.3) is 0 Å². The maximum Gasteiger partial charge on any atom is 0.409 e. The minimum absolute atomic E-state index is 0.0437. The first-order chi connectivity index (χ1) is 39.9. The highest BCUT2D eigenvalue weighted by Gasteiger charge is 2.64. The predicted octanol–water partition coefficient (Wildman–Crippen LogP) is 6.49. The number of rotatable bonds is 21. The van der Waals surface area contributed by atoms with E-state index in [1.54, 1.807) is 63.4 Å². The second-order valence-electron chi connectivity index (χ2n) is 22.9. The highest BCUT2D eigenvalue weighted by Crippen LogP contribution is 2.49. The zero-order valence-corrected chi connectivity index (χ0v) is 51.0. The smallest absolute Gasteiger partial charge is 0.409 e. The molecule has 1 saturated carbocycles. The van der Waals surface area contributed by atoms with E-state index in [4.69, 9.17) is 40.0 Å². The van der Waals surface area contributed by atoms with Gasteiger partial charge in [-0.15, -0.1) is 11.8 Å². The fourth-order valence-electron chi connectivity index (χ4n) is 11.6. The maximum atomic E-state index is 14.4. The van der Waals surface area contributed by atoms with Gasteiger partial charge in [-0.1, -0.05) is 48.4 Å². The number of ketones is 1. The van der Waals surface area contributed by atoms with Crippen molar-refractivity contribution in [2.75, 3.05) is 59.2 Å². The molecule has 4 bridgehead atoms. The number of hydrogen-bond donors (Lipinski definition) is 3. The van der Waals surface area contributed by atoms with E-state index in [2.05, 4.69) is 10.6 Å². The average molecular weight is 1210 g/mol. The van der Waals surface area contributed by atoms with E-state index in [0.717, 1.165) is 35.8 Å². The van der Waals surface area contributed by atoms with Gasteiger partial charge in [-0.3, -0.25) is 43.8 Å². The number of hydrogen-bond acceptors (Lipinski definition) is 17. The van der Waals surface area contributed by atoms with E-state index in [9.17, 15) is 48.3 Å². The molecule has 1 aliphatic carbocycles. The summed E-state index contributed by atoms with van der Waals surface area (Å²) in [5, 5.41) is 16.9. The Morgan fingerprint density at radius 3 is 2.42 bits per heavy atom. The number of halogens is 1. The maximum absolute atomic E-state index is 14.4. The fraction of sp³-hybridized carbons (Fsp3) is 0.590. The molecule has 2 aromatic carbocycles. The van der Waals surface area contributed by atoms with Crippen LogP contribution in [0, 0.1) is 17.8 Å². The van der Waals surface area contributed by atoms with Crippen molar-refractivity contribution in [2.24, 2.45) is 17.8 Å². The first kappa shape index (κ1) is 65.2. The predicted molar refractivity (Wildman–Crippen MR) is 313 cm³/mol. The van der Waals surface area contributed by atoms with Gasteiger partial charge in [0, 0.05) is 84.0 Å². The molecule has 7 rings (SSSR count). The Balaban J connectivity index is 0.894. The van der Waals surface area contributed by atoms with Crippen LogP contribution < -0.4 is 25.0 Å². The molecule has 3 N–H and O–H groups in total. The highest BCUT2D eigenvalue weighted by molar-refractivity contribution is 8.00. The number of imide groups is 1. The number of anilines is 1. The molecule has 21 nitrogen and oxygen atoms in total. The van der Waals surface area contributed by atoms with Crippen molar-refractivity contribution >= 4 is 82.7 Å². The molecule has 9 atom stereocenters. The number of epoxide rings is 1. The van der Waals surface area contributed by atoms with Crippen LogP contribution in [0.3, 0.4) is 0 Å². The number of alkyl carbamates (subject to hydrolysis) is 1. The lowest BCUT2D eigenvalue weighted by molar-refractivity contribution is -0.162. The summed E-state index contributed by atoms with van der Waals surface area (Å²) >= 11 is 8.00. The van der Waals surface area contributed by atoms with Crippen molar-refractivity contribution in [3.05, 3.63) is 75.8 Å². The third-order valence-corrected chi connectivity index (χ3v) is 18.7. The van der Waals surface area contributed by atoms with Crippen LogP contribution in [0.1, 0.15) is 120 Å². The molecule has 0 radical (unpaired) electrons. The zero-order chi connectivity index (χ0) is 61.2. The van der Waals surface area contributed by atoms with Crippen molar-refractivity contribution in [1.29, 1.82) is 0 Å². The Morgan fingerprint density at radius 1 is 1.00 bits per heavy atom. The summed E-state index contributed by atoms with van der Waals surface area (Å²) in [5.41, 5.74) is 0.118. The Bertz CT molecular complexity index is 2880. The zero-order valence-electron chi connectivity index (χ0n) is 49.4. The Kier molecular flexibility index (Phi) is 22.3. The normalized spacial score (nSPS) is 28.6. The average Bonchev–Trinajstić information content (AvgIpc) is 2.22. The summed E-state index contributed by atoms with van der Waals surface area (Å²) in [6.07, 6.45) is 5.26. The summed E-state index contributed by atoms with van der Waals surface area (Å²) in [4.78, 5) is 123. The summed E-state index contributed by atoms with van der Waals surface area (Å²) in [6, 6.07) is 7.62. The molecular formula is C61H80ClN5O16S. The number of amides is 6. The Hall–Kier alpha value is -6.33. The van der Waals surface area contributed by atoms with E-state index in [1.807, 2.05) is 13.0 Å². The number of likely N-dealkylation sites (N-methyl/N-ethyl adjacent to an activating group) is 1. The highest BCUT2D eigenvalue weighted by atomic mass is 35.5. The lowest BCUT2D eigenvalue weighted by Gasteiger charge is -2.42. The Morgan fingerprint density at radius 2 is 1.73 bits per heavy atom. The largest absolute Gasteiger partial charge is 0.496 e. The molecule has 0 spiro atoms. The Labute approximate surface area is 500 Å². The number of fused-ring (bicyclic) bond motifs is 5. The van der Waals surface area contributed by atoms with Crippen LogP contribution in [-0.4, -0.2) is 170 Å². The molecule has 5 aliphatic rings. The molecule has 2 aromatic rings. The standard InChI is InChI=1S/C61H80ClN5O16S/c1-35-12-10-14-49(80-9)61(77)32-47(81-59(76)64-61)36(2)56-60(4,83-56)50(31-53(72)66(6)43-27-40(26-35)29-46(79-8)55(43)62)82-58(75)37(3)65(5)52(71)23-25-84-48-30-54(73)67(57(48)74)24-11-13-44(69)41-19-16-39(17-20-41)33-63-51(70)22-18-38-15-21-42(34-68)45(28-38)78-7/h10,12,14-15,21,27-29,34,36-37,39,41,47-50,56,77H,11,13,16-20,22-26,30-33H2,1-9H3,(H,63,70)(H,64,76)/b14-10+,35-12+/t36?,37-,39?,41?,47?,48?,49?,50-,56?,60?,61?/m0/s1. The second kappa shape index (κ2) is 28.7. The van der Waals surface area contributed by atoms with Crippen LogP contribution in [0.2, 0.25) is 5.02 Å². The molecule has 458 valence electrons. The molecule has 3 saturated heterocycles. The lowest BCUT2D eigenvalue weighted by Crippen LogP contribution is -2.63. The number of aliphatic hydroxyl groups is 1. The number of nitrogens with one attached hydrogen (secondary N) is 2. The van der Waals surface area contributed by atoms with Gasteiger partial charge in [0.15, 0.2) is 12.0 Å². The van der Waals surface area contributed by atoms with E-state index in [0.29, 0.717) is 67.8 Å². The van der Waals surface area contributed by atoms with Gasteiger partial charge in [0.25, 0.3) is 0 Å². The topological polar surface area (TPSA) is 266 Å². The van der Waals surface area contributed by atoms with Crippen LogP contribution in [-0.2, 0) is 65.4 Å². The number of nitrogens with zero attached hydrogens (tertiary/aromatic N) is 3. The number of thioether (sulfide) groups is 1. The van der Waals surface area contributed by atoms with Crippen LogP contribution in [0.15, 0.2) is 54.1 Å². The van der Waals surface area contributed by atoms with Gasteiger partial charge in [-0.05, 0) is 107 Å². The molecule has 4 heterocycles. The van der Waals surface area contributed by atoms with Crippen molar-refractivity contribution in [2.45, 2.75) is 158 Å². The van der Waals surface area contributed by atoms with Gasteiger partial charge in [0.05, 0.1) is 43.2 Å². The van der Waals surface area contributed by atoms with Crippen molar-refractivity contribution < 1.29 is 76.7 Å². The third-order valence-electron chi connectivity index (χ3n) is 17.1. The number of Topliss-reactive ketones (excluding diaryl/α,β-unsaturated/α-hetero) is 1. The van der Waals surface area contributed by atoms with Gasteiger partial charge in [-0.2, -0.15) is 0 Å². The second-order valence-corrected chi connectivity index (χ2v) is 24.6. The number of likely N-dealkylation sites (tertiary alicyclic amines) is 1. The van der Waals surface area contributed by atoms with Gasteiger partial charge in [-0.25, -0.2) is 9.59 Å². The molecule has 23 heteroatoms. The first-order valence-corrected chi connectivity index (χ1v) is 30.1. The molecule has 4 aliphatic heterocycles. The van der Waals surface area contributed by atoms with Crippen LogP contribution in [0.4, 0.5) is 10.5 Å². The minimum Gasteiger partial charge on any atom is -0.496 e. The van der Waals surface area contributed by atoms with Gasteiger partial charge < -0.3 is 48.6 Å². The number of ether oxygens (including phenoxy) is 6. The van der Waals surface area contributed by atoms with E-state index in [1.165, 1.54) is 61.8 Å².